The van der Waals surface area contributed by atoms with Crippen LogP contribution in [-0.4, -0.2) is 9.97 Å². The van der Waals surface area contributed by atoms with Crippen LogP contribution in [0.2, 0.25) is 0 Å². The molecule has 0 aliphatic heterocycles. The Hall–Kier alpha value is -3.52. The number of hydrogen-bond acceptors (Lipinski definition) is 0. The Kier molecular flexibility index (Phi) is 3.13. The van der Waals surface area contributed by atoms with Gasteiger partial charge in [-0.25, -0.2) is 0 Å². The summed E-state index contributed by atoms with van der Waals surface area (Å²) in [4.78, 5) is 6.88. The Morgan fingerprint density at radius 3 is 2.04 bits per heavy atom. The molecule has 2 nitrogen and oxygen atoms in total. The van der Waals surface area contributed by atoms with Crippen molar-refractivity contribution in [3.05, 3.63) is 85.1 Å². The summed E-state index contributed by atoms with van der Waals surface area (Å²) in [6.07, 6.45) is 3.73. The Bertz CT molecular complexity index is 1320. The predicted octanol–water partition coefficient (Wildman–Crippen LogP) is 7.25. The Morgan fingerprint density at radius 1 is 0.654 bits per heavy atom. The van der Waals surface area contributed by atoms with Crippen LogP contribution in [0.4, 0.5) is 0 Å². The van der Waals surface area contributed by atoms with Gasteiger partial charge in [-0.15, -0.1) is 0 Å². The number of benzene rings is 3. The quantitative estimate of drug-likeness (QED) is 0.347. The molecule has 0 amide bonds. The molecule has 0 saturated heterocycles. The first-order chi connectivity index (χ1) is 12.8. The summed E-state index contributed by atoms with van der Waals surface area (Å²) in [5.74, 6) is 0. The standard InChI is InChI=1S/C24H18N2.2H2/c1-3-17-19-13-15(9-11-23(19)25-21(17)4-2)16-10-12-24-20(14-16)18-7-5-6-8-22(18)26-24;;/h3-14,25-26H,1-2H2;2*1H. The number of H-pyrrole nitrogens is 2. The molecule has 0 bridgehead atoms. The number of rotatable bonds is 3. The van der Waals surface area contributed by atoms with E-state index in [0.717, 1.165) is 16.8 Å². The van der Waals surface area contributed by atoms with E-state index in [-0.39, 0.29) is 2.85 Å². The zero-order chi connectivity index (χ0) is 17.7. The molecule has 26 heavy (non-hydrogen) atoms. The van der Waals surface area contributed by atoms with Gasteiger partial charge in [0.1, 0.15) is 0 Å². The summed E-state index contributed by atoms with van der Waals surface area (Å²) in [6.45, 7) is 7.85. The minimum absolute atomic E-state index is 0. The molecule has 0 aliphatic rings. The van der Waals surface area contributed by atoms with Crippen LogP contribution in [0.25, 0.3) is 56.0 Å². The van der Waals surface area contributed by atoms with E-state index in [2.05, 4.69) is 83.8 Å². The van der Waals surface area contributed by atoms with Gasteiger partial charge in [-0.1, -0.05) is 49.6 Å². The fourth-order valence-corrected chi connectivity index (χ4v) is 3.82. The molecule has 3 aromatic carbocycles. The van der Waals surface area contributed by atoms with Gasteiger partial charge >= 0.3 is 0 Å². The van der Waals surface area contributed by atoms with Crippen LogP contribution in [0, 0.1) is 0 Å². The van der Waals surface area contributed by atoms with Crippen molar-refractivity contribution in [1.82, 2.24) is 9.97 Å². The summed E-state index contributed by atoms with van der Waals surface area (Å²) in [5, 5.41) is 3.68. The minimum Gasteiger partial charge on any atom is -0.355 e. The molecule has 0 fully saturated rings. The lowest BCUT2D eigenvalue weighted by molar-refractivity contribution is 1.42. The number of aromatic amines is 2. The normalized spacial score (nSPS) is 11.4. The van der Waals surface area contributed by atoms with Crippen molar-refractivity contribution < 1.29 is 2.85 Å². The zero-order valence-electron chi connectivity index (χ0n) is 14.3. The largest absolute Gasteiger partial charge is 0.355 e. The number of nitrogens with one attached hydrogen (secondary N) is 2. The van der Waals surface area contributed by atoms with Crippen LogP contribution < -0.4 is 0 Å². The van der Waals surface area contributed by atoms with Gasteiger partial charge in [0.05, 0.1) is 0 Å². The number of hydrogen-bond donors (Lipinski definition) is 2. The minimum atomic E-state index is 0. The van der Waals surface area contributed by atoms with Crippen LogP contribution in [-0.2, 0) is 0 Å². The number of fused-ring (bicyclic) bond motifs is 4. The molecule has 0 spiro atoms. The molecule has 5 aromatic rings. The summed E-state index contributed by atoms with van der Waals surface area (Å²) >= 11 is 0. The third-order valence-corrected chi connectivity index (χ3v) is 5.12. The molecular formula is C24H22N2. The maximum absolute atomic E-state index is 3.96. The molecule has 0 atom stereocenters. The lowest BCUT2D eigenvalue weighted by Crippen LogP contribution is -1.79. The average Bonchev–Trinajstić information content (AvgIpc) is 3.24. The summed E-state index contributed by atoms with van der Waals surface area (Å²) in [6, 6.07) is 21.6. The molecule has 0 aliphatic carbocycles. The maximum atomic E-state index is 3.96. The average molecular weight is 338 g/mol. The Morgan fingerprint density at radius 2 is 1.31 bits per heavy atom. The van der Waals surface area contributed by atoms with E-state index in [1.807, 2.05) is 12.2 Å². The summed E-state index contributed by atoms with van der Waals surface area (Å²) < 4.78 is 0. The smallest absolute Gasteiger partial charge is 0.0465 e. The van der Waals surface area contributed by atoms with Crippen molar-refractivity contribution in [2.24, 2.45) is 0 Å². The van der Waals surface area contributed by atoms with E-state index >= 15 is 0 Å². The second-order valence-corrected chi connectivity index (χ2v) is 6.55. The first kappa shape index (κ1) is 14.8. The molecule has 2 heteroatoms. The first-order valence-corrected chi connectivity index (χ1v) is 8.70. The van der Waals surface area contributed by atoms with Gasteiger partial charge in [-0.2, -0.15) is 0 Å². The van der Waals surface area contributed by atoms with Crippen LogP contribution in [0.3, 0.4) is 0 Å². The van der Waals surface area contributed by atoms with E-state index in [4.69, 9.17) is 0 Å². The Balaban J connectivity index is 0.00000112. The monoisotopic (exact) mass is 338 g/mol. The van der Waals surface area contributed by atoms with Crippen molar-refractivity contribution in [2.45, 2.75) is 0 Å². The zero-order valence-corrected chi connectivity index (χ0v) is 14.3. The van der Waals surface area contributed by atoms with Gasteiger partial charge in [-0.05, 0) is 47.5 Å². The molecule has 128 valence electrons. The van der Waals surface area contributed by atoms with Crippen LogP contribution in [0.15, 0.2) is 73.8 Å². The van der Waals surface area contributed by atoms with Crippen LogP contribution in [0.5, 0.6) is 0 Å². The van der Waals surface area contributed by atoms with Gasteiger partial charge in [0, 0.05) is 46.8 Å². The van der Waals surface area contributed by atoms with Gasteiger partial charge < -0.3 is 9.97 Å². The van der Waals surface area contributed by atoms with Crippen molar-refractivity contribution in [1.29, 1.82) is 0 Å². The van der Waals surface area contributed by atoms with E-state index in [1.54, 1.807) is 0 Å². The second kappa shape index (κ2) is 5.50. The molecule has 2 aromatic heterocycles. The molecule has 2 N–H and O–H groups in total. The maximum Gasteiger partial charge on any atom is 0.0465 e. The van der Waals surface area contributed by atoms with Crippen molar-refractivity contribution in [3.8, 4) is 11.1 Å². The first-order valence-electron chi connectivity index (χ1n) is 8.70. The molecule has 0 saturated carbocycles. The number of aromatic nitrogens is 2. The van der Waals surface area contributed by atoms with Crippen molar-refractivity contribution >= 4 is 44.9 Å². The highest BCUT2D eigenvalue weighted by atomic mass is 14.7. The fraction of sp³-hybridized carbons (Fsp3) is 0. The number of para-hydroxylation sites is 1. The van der Waals surface area contributed by atoms with E-state index in [0.29, 0.717) is 0 Å². The van der Waals surface area contributed by atoms with Crippen molar-refractivity contribution in [3.63, 3.8) is 0 Å². The highest BCUT2D eigenvalue weighted by Gasteiger charge is 2.10. The lowest BCUT2D eigenvalue weighted by Gasteiger charge is -2.04. The summed E-state index contributed by atoms with van der Waals surface area (Å²) in [5.41, 5.74) is 7.96. The van der Waals surface area contributed by atoms with Gasteiger partial charge in [0.15, 0.2) is 0 Å². The van der Waals surface area contributed by atoms with E-state index < -0.39 is 0 Å². The third-order valence-electron chi connectivity index (χ3n) is 5.12. The van der Waals surface area contributed by atoms with Crippen molar-refractivity contribution in [2.75, 3.05) is 0 Å². The van der Waals surface area contributed by atoms with Crippen LogP contribution >= 0.6 is 0 Å². The molecular weight excluding hydrogens is 316 g/mol. The second-order valence-electron chi connectivity index (χ2n) is 6.55. The Labute approximate surface area is 154 Å². The lowest BCUT2D eigenvalue weighted by atomic mass is 10.00. The van der Waals surface area contributed by atoms with Gasteiger partial charge in [0.2, 0.25) is 0 Å². The summed E-state index contributed by atoms with van der Waals surface area (Å²) in [7, 11) is 0. The topological polar surface area (TPSA) is 31.6 Å². The third kappa shape index (κ3) is 2.06. The predicted molar refractivity (Wildman–Crippen MR) is 118 cm³/mol. The SMILES string of the molecule is C=Cc1[nH]c2ccc(-c3ccc4[nH]c5ccccc5c4c3)cc2c1C=C.[HH].[HH]. The van der Waals surface area contributed by atoms with Gasteiger partial charge in [-0.3, -0.25) is 0 Å². The highest BCUT2D eigenvalue weighted by molar-refractivity contribution is 6.08. The molecule has 0 radical (unpaired) electrons. The van der Waals surface area contributed by atoms with Gasteiger partial charge in [0.25, 0.3) is 0 Å². The van der Waals surface area contributed by atoms with E-state index in [9.17, 15) is 0 Å². The van der Waals surface area contributed by atoms with E-state index in [1.165, 1.54) is 38.3 Å². The molecule has 2 heterocycles. The molecule has 0 unspecified atom stereocenters. The fourth-order valence-electron chi connectivity index (χ4n) is 3.82. The molecule has 5 rings (SSSR count). The highest BCUT2D eigenvalue weighted by Crippen LogP contribution is 2.33. The van der Waals surface area contributed by atoms with Crippen LogP contribution in [0.1, 0.15) is 14.1 Å².